The van der Waals surface area contributed by atoms with Crippen molar-refractivity contribution in [1.82, 2.24) is 0 Å². The lowest BCUT2D eigenvalue weighted by atomic mass is 10.1. The van der Waals surface area contributed by atoms with Crippen molar-refractivity contribution < 1.29 is 14.6 Å². The fourth-order valence-corrected chi connectivity index (χ4v) is 1.33. The van der Waals surface area contributed by atoms with Crippen molar-refractivity contribution in [3.63, 3.8) is 0 Å². The number of ether oxygens (including phenoxy) is 1. The van der Waals surface area contributed by atoms with E-state index in [0.29, 0.717) is 5.56 Å². The van der Waals surface area contributed by atoms with E-state index in [1.54, 1.807) is 0 Å². The first-order valence-corrected chi connectivity index (χ1v) is 4.43. The van der Waals surface area contributed by atoms with Crippen LogP contribution in [0.5, 0.6) is 0 Å². The van der Waals surface area contributed by atoms with Gasteiger partial charge in [-0.25, -0.2) is 4.79 Å². The number of carbonyl (C=O) groups excluding carboxylic acids is 1. The molecule has 0 aromatic heterocycles. The number of halogens is 1. The molecule has 1 aromatic rings. The molecule has 15 heavy (non-hydrogen) atoms. The summed E-state index contributed by atoms with van der Waals surface area (Å²) in [5.74, 6) is -0.627. The first kappa shape index (κ1) is 11.5. The van der Waals surface area contributed by atoms with Gasteiger partial charge in [0.1, 0.15) is 6.07 Å². The highest BCUT2D eigenvalue weighted by molar-refractivity contribution is 6.31. The number of rotatable bonds is 2. The third kappa shape index (κ3) is 2.27. The van der Waals surface area contributed by atoms with Gasteiger partial charge in [0.05, 0.1) is 24.8 Å². The van der Waals surface area contributed by atoms with Crippen LogP contribution in [0.1, 0.15) is 21.5 Å². The minimum absolute atomic E-state index is 0.0993. The SMILES string of the molecule is COC(=O)c1cc(Cl)c(CO)cc1C#N. The number of nitriles is 1. The fraction of sp³-hybridized carbons (Fsp3) is 0.200. The second kappa shape index (κ2) is 4.78. The highest BCUT2D eigenvalue weighted by atomic mass is 35.5. The van der Waals surface area contributed by atoms with Gasteiger partial charge in [0.15, 0.2) is 0 Å². The molecular formula is C10H8ClNO3. The first-order chi connectivity index (χ1) is 7.13. The van der Waals surface area contributed by atoms with Crippen LogP contribution in [0.25, 0.3) is 0 Å². The molecule has 0 unspecified atom stereocenters. The molecule has 0 bridgehead atoms. The van der Waals surface area contributed by atoms with E-state index in [4.69, 9.17) is 22.0 Å². The Morgan fingerprint density at radius 1 is 1.67 bits per heavy atom. The lowest BCUT2D eigenvalue weighted by Gasteiger charge is -2.05. The van der Waals surface area contributed by atoms with E-state index in [1.807, 2.05) is 6.07 Å². The first-order valence-electron chi connectivity index (χ1n) is 4.05. The summed E-state index contributed by atoms with van der Waals surface area (Å²) in [6.07, 6.45) is 0. The van der Waals surface area contributed by atoms with Gasteiger partial charge in [0.25, 0.3) is 0 Å². The molecule has 0 radical (unpaired) electrons. The third-order valence-electron chi connectivity index (χ3n) is 1.88. The van der Waals surface area contributed by atoms with Gasteiger partial charge in [-0.1, -0.05) is 11.6 Å². The smallest absolute Gasteiger partial charge is 0.339 e. The molecule has 5 heteroatoms. The molecule has 0 aliphatic rings. The molecule has 78 valence electrons. The van der Waals surface area contributed by atoms with E-state index in [-0.39, 0.29) is 22.8 Å². The second-order valence-electron chi connectivity index (χ2n) is 2.75. The van der Waals surface area contributed by atoms with Gasteiger partial charge in [0.2, 0.25) is 0 Å². The van der Waals surface area contributed by atoms with Crippen LogP contribution < -0.4 is 0 Å². The maximum atomic E-state index is 11.3. The minimum Gasteiger partial charge on any atom is -0.465 e. The summed E-state index contributed by atoms with van der Waals surface area (Å²) < 4.78 is 4.50. The highest BCUT2D eigenvalue weighted by Crippen LogP contribution is 2.22. The van der Waals surface area contributed by atoms with E-state index in [2.05, 4.69) is 4.74 Å². The Morgan fingerprint density at radius 3 is 2.80 bits per heavy atom. The van der Waals surface area contributed by atoms with Gasteiger partial charge in [-0.3, -0.25) is 0 Å². The molecule has 0 fully saturated rings. The van der Waals surface area contributed by atoms with Crippen LogP contribution in [0.3, 0.4) is 0 Å². The summed E-state index contributed by atoms with van der Waals surface area (Å²) in [7, 11) is 1.22. The Bertz CT molecular complexity index is 437. The number of benzene rings is 1. The van der Waals surface area contributed by atoms with Crippen LogP contribution >= 0.6 is 11.6 Å². The summed E-state index contributed by atoms with van der Waals surface area (Å²) in [6, 6.07) is 4.53. The van der Waals surface area contributed by atoms with Crippen molar-refractivity contribution in [1.29, 1.82) is 5.26 Å². The zero-order valence-electron chi connectivity index (χ0n) is 7.95. The topological polar surface area (TPSA) is 70.3 Å². The number of carbonyl (C=O) groups is 1. The van der Waals surface area contributed by atoms with E-state index in [9.17, 15) is 4.79 Å². The van der Waals surface area contributed by atoms with Crippen LogP contribution in [0.2, 0.25) is 5.02 Å². The molecule has 1 rings (SSSR count). The average Bonchev–Trinajstić information content (AvgIpc) is 2.27. The maximum Gasteiger partial charge on any atom is 0.339 e. The van der Waals surface area contributed by atoms with Crippen LogP contribution in [0, 0.1) is 11.3 Å². The van der Waals surface area contributed by atoms with Crippen molar-refractivity contribution in [2.45, 2.75) is 6.61 Å². The van der Waals surface area contributed by atoms with Crippen molar-refractivity contribution >= 4 is 17.6 Å². The molecule has 1 N–H and O–H groups in total. The normalized spacial score (nSPS) is 9.47. The van der Waals surface area contributed by atoms with Gasteiger partial charge in [-0.2, -0.15) is 5.26 Å². The van der Waals surface area contributed by atoms with Gasteiger partial charge < -0.3 is 9.84 Å². The Labute approximate surface area is 91.7 Å². The van der Waals surface area contributed by atoms with E-state index in [1.165, 1.54) is 19.2 Å². The number of hydrogen-bond donors (Lipinski definition) is 1. The lowest BCUT2D eigenvalue weighted by Crippen LogP contribution is -2.05. The van der Waals surface area contributed by atoms with Crippen molar-refractivity contribution in [2.24, 2.45) is 0 Å². The summed E-state index contributed by atoms with van der Waals surface area (Å²) in [4.78, 5) is 11.3. The van der Waals surface area contributed by atoms with E-state index >= 15 is 0 Å². The van der Waals surface area contributed by atoms with Crippen molar-refractivity contribution in [2.75, 3.05) is 7.11 Å². The largest absolute Gasteiger partial charge is 0.465 e. The monoisotopic (exact) mass is 225 g/mol. The molecule has 0 saturated heterocycles. The second-order valence-corrected chi connectivity index (χ2v) is 3.16. The number of esters is 1. The zero-order valence-corrected chi connectivity index (χ0v) is 8.71. The molecule has 0 amide bonds. The Kier molecular flexibility index (Phi) is 3.67. The summed E-state index contributed by atoms with van der Waals surface area (Å²) in [5.41, 5.74) is 0.637. The van der Waals surface area contributed by atoms with Crippen molar-refractivity contribution in [3.8, 4) is 6.07 Å². The Balaban J connectivity index is 3.35. The van der Waals surface area contributed by atoms with Gasteiger partial charge >= 0.3 is 5.97 Å². The molecule has 0 heterocycles. The van der Waals surface area contributed by atoms with Crippen LogP contribution in [-0.2, 0) is 11.3 Å². The maximum absolute atomic E-state index is 11.3. The fourth-order valence-electron chi connectivity index (χ4n) is 1.11. The van der Waals surface area contributed by atoms with Crippen LogP contribution in [0.15, 0.2) is 12.1 Å². The average molecular weight is 226 g/mol. The number of aliphatic hydroxyl groups excluding tert-OH is 1. The third-order valence-corrected chi connectivity index (χ3v) is 2.23. The zero-order chi connectivity index (χ0) is 11.4. The number of hydrogen-bond acceptors (Lipinski definition) is 4. The van der Waals surface area contributed by atoms with Gasteiger partial charge in [-0.05, 0) is 17.7 Å². The quantitative estimate of drug-likeness (QED) is 0.775. The predicted octanol–water partition coefficient (Wildman–Crippen LogP) is 1.49. The molecular weight excluding hydrogens is 218 g/mol. The predicted molar refractivity (Wildman–Crippen MR) is 53.4 cm³/mol. The number of nitrogens with zero attached hydrogens (tertiary/aromatic N) is 1. The van der Waals surface area contributed by atoms with Gasteiger partial charge in [-0.15, -0.1) is 0 Å². The molecule has 1 aromatic carbocycles. The lowest BCUT2D eigenvalue weighted by molar-refractivity contribution is 0.0600. The van der Waals surface area contributed by atoms with Crippen molar-refractivity contribution in [3.05, 3.63) is 33.8 Å². The Morgan fingerprint density at radius 2 is 2.33 bits per heavy atom. The van der Waals surface area contributed by atoms with E-state index < -0.39 is 5.97 Å². The van der Waals surface area contributed by atoms with Gasteiger partial charge in [0, 0.05) is 5.02 Å². The van der Waals surface area contributed by atoms with E-state index in [0.717, 1.165) is 0 Å². The van der Waals surface area contributed by atoms with Crippen LogP contribution in [0.4, 0.5) is 0 Å². The standard InChI is InChI=1S/C10H8ClNO3/c1-15-10(14)8-3-9(11)7(5-13)2-6(8)4-12/h2-3,13H,5H2,1H3. The molecule has 0 spiro atoms. The van der Waals surface area contributed by atoms with Crippen LogP contribution in [-0.4, -0.2) is 18.2 Å². The highest BCUT2D eigenvalue weighted by Gasteiger charge is 2.14. The number of aliphatic hydroxyl groups is 1. The molecule has 4 nitrogen and oxygen atoms in total. The summed E-state index contributed by atoms with van der Waals surface area (Å²) >= 11 is 5.78. The molecule has 0 saturated carbocycles. The minimum atomic E-state index is -0.627. The molecule has 0 aliphatic carbocycles. The molecule has 0 aliphatic heterocycles. The Hall–Kier alpha value is -1.57. The number of methoxy groups -OCH3 is 1. The molecule has 0 atom stereocenters. The summed E-state index contributed by atoms with van der Waals surface area (Å²) in [6.45, 7) is -0.283. The summed E-state index contributed by atoms with van der Waals surface area (Å²) in [5, 5.41) is 17.9.